The van der Waals surface area contributed by atoms with Gasteiger partial charge in [0, 0.05) is 17.8 Å². The number of rotatable bonds is 5. The van der Waals surface area contributed by atoms with Crippen LogP contribution in [0.3, 0.4) is 0 Å². The minimum Gasteiger partial charge on any atom is -0.478 e. The Morgan fingerprint density at radius 1 is 0.970 bits per heavy atom. The van der Waals surface area contributed by atoms with E-state index in [1.54, 1.807) is 18.3 Å². The molecule has 0 atom stereocenters. The van der Waals surface area contributed by atoms with Gasteiger partial charge < -0.3 is 9.29 Å². The van der Waals surface area contributed by atoms with Gasteiger partial charge in [-0.2, -0.15) is 8.42 Å². The molecule has 0 radical (unpaired) electrons. The lowest BCUT2D eigenvalue weighted by Crippen LogP contribution is -2.17. The predicted octanol–water partition coefficient (Wildman–Crippen LogP) is 4.59. The third kappa shape index (κ3) is 4.31. The largest absolute Gasteiger partial charge is 0.478 e. The molecule has 0 saturated heterocycles. The molecule has 4 aromatic rings. The van der Waals surface area contributed by atoms with Crippen LogP contribution in [0.2, 0.25) is 0 Å². The summed E-state index contributed by atoms with van der Waals surface area (Å²) < 4.78 is 44.0. The van der Waals surface area contributed by atoms with Gasteiger partial charge in [-0.05, 0) is 65.4 Å². The summed E-state index contributed by atoms with van der Waals surface area (Å²) in [5.74, 6) is -3.05. The number of hydrogen-bond acceptors (Lipinski definition) is 6. The number of fused-ring (bicyclic) bond motifs is 1. The normalized spacial score (nSPS) is 11.3. The fourth-order valence-electron chi connectivity index (χ4n) is 3.48. The van der Waals surface area contributed by atoms with Gasteiger partial charge in [0.05, 0.1) is 11.1 Å². The van der Waals surface area contributed by atoms with E-state index in [1.165, 1.54) is 61.7 Å². The number of carbonyl (C=O) groups excluding carboxylic acids is 1. The van der Waals surface area contributed by atoms with Crippen LogP contribution >= 0.6 is 0 Å². The zero-order valence-corrected chi connectivity index (χ0v) is 18.0. The van der Waals surface area contributed by atoms with Crippen LogP contribution in [0.5, 0.6) is 0 Å². The van der Waals surface area contributed by atoms with Gasteiger partial charge in [-0.3, -0.25) is 4.98 Å². The number of carboxylic acids is 1. The van der Waals surface area contributed by atoms with Crippen LogP contribution in [0.15, 0.2) is 78.0 Å². The van der Waals surface area contributed by atoms with Crippen LogP contribution in [0.25, 0.3) is 21.9 Å². The fraction of sp³-hybridized carbons (Fsp3) is 0.0417. The quantitative estimate of drug-likeness (QED) is 0.429. The van der Waals surface area contributed by atoms with Crippen molar-refractivity contribution in [3.63, 3.8) is 0 Å². The molecule has 166 valence electrons. The van der Waals surface area contributed by atoms with E-state index < -0.39 is 27.9 Å². The summed E-state index contributed by atoms with van der Waals surface area (Å²) >= 11 is 0. The minimum absolute atomic E-state index is 0.0206. The lowest BCUT2D eigenvalue weighted by molar-refractivity contribution is 0.0696. The Morgan fingerprint density at radius 3 is 2.39 bits per heavy atom. The van der Waals surface area contributed by atoms with Crippen molar-refractivity contribution in [1.29, 1.82) is 0 Å². The molecule has 1 heterocycles. The average molecular weight is 465 g/mol. The van der Waals surface area contributed by atoms with Gasteiger partial charge in [0.25, 0.3) is 0 Å². The highest BCUT2D eigenvalue weighted by molar-refractivity contribution is 7.87. The van der Waals surface area contributed by atoms with E-state index in [-0.39, 0.29) is 27.1 Å². The van der Waals surface area contributed by atoms with Crippen LogP contribution < -0.4 is 0 Å². The second-order valence-corrected chi connectivity index (χ2v) is 8.73. The zero-order chi connectivity index (χ0) is 23.8. The van der Waals surface area contributed by atoms with Gasteiger partial charge >= 0.3 is 22.1 Å². The molecule has 1 N–H and O–H groups in total. The first kappa shape index (κ1) is 22.1. The smallest absolute Gasteiger partial charge is 0.354 e. The number of carbonyl (C=O) groups is 2. The van der Waals surface area contributed by atoms with E-state index in [0.717, 1.165) is 5.39 Å². The summed E-state index contributed by atoms with van der Waals surface area (Å²) in [5, 5.41) is 10.7. The van der Waals surface area contributed by atoms with Crippen molar-refractivity contribution >= 4 is 32.8 Å². The Kier molecular flexibility index (Phi) is 5.65. The molecule has 3 aromatic carbocycles. The lowest BCUT2D eigenvalue weighted by atomic mass is 9.92. The Labute approximate surface area is 188 Å². The third-order valence-electron chi connectivity index (χ3n) is 5.14. The number of hydrogen-bond donors (Lipinski definition) is 1. The fourth-order valence-corrected chi connectivity index (χ4v) is 4.37. The van der Waals surface area contributed by atoms with Crippen molar-refractivity contribution in [2.75, 3.05) is 0 Å². The van der Waals surface area contributed by atoms with Gasteiger partial charge in [-0.1, -0.05) is 24.3 Å². The van der Waals surface area contributed by atoms with E-state index >= 15 is 0 Å². The average Bonchev–Trinajstić information content (AvgIpc) is 2.78. The van der Waals surface area contributed by atoms with Crippen LogP contribution in [0.4, 0.5) is 4.39 Å². The van der Waals surface area contributed by atoms with Gasteiger partial charge in [-0.25, -0.2) is 14.0 Å². The molecule has 1 aromatic heterocycles. The molecule has 0 spiro atoms. The Morgan fingerprint density at radius 2 is 1.70 bits per heavy atom. The topological polar surface area (TPSA) is 111 Å². The standard InChI is InChI=1S/C24H16FNO6S/c1-14-20(23(27)28)8-9-21(16-2-5-18(25)6-3-16)22(14)24(29)32-33(30,31)19-7-4-15-10-11-26-13-17(15)12-19/h2-13H,1H3,(H,27,28). The molecule has 33 heavy (non-hydrogen) atoms. The molecule has 0 fully saturated rings. The van der Waals surface area contributed by atoms with Crippen molar-refractivity contribution in [2.45, 2.75) is 11.8 Å². The summed E-state index contributed by atoms with van der Waals surface area (Å²) in [6.07, 6.45) is 3.04. The predicted molar refractivity (Wildman–Crippen MR) is 118 cm³/mol. The zero-order valence-electron chi connectivity index (χ0n) is 17.2. The van der Waals surface area contributed by atoms with Crippen molar-refractivity contribution in [1.82, 2.24) is 4.98 Å². The highest BCUT2D eigenvalue weighted by Crippen LogP contribution is 2.31. The second-order valence-electron chi connectivity index (χ2n) is 7.18. The molecule has 0 saturated carbocycles. The van der Waals surface area contributed by atoms with E-state index in [2.05, 4.69) is 4.98 Å². The van der Waals surface area contributed by atoms with Crippen LogP contribution in [0, 0.1) is 12.7 Å². The summed E-state index contributed by atoms with van der Waals surface area (Å²) in [4.78, 5) is 28.4. The first-order chi connectivity index (χ1) is 15.7. The van der Waals surface area contributed by atoms with Crippen molar-refractivity contribution in [3.05, 3.63) is 95.6 Å². The molecular weight excluding hydrogens is 449 g/mol. The highest BCUT2D eigenvalue weighted by atomic mass is 32.2. The SMILES string of the molecule is Cc1c(C(=O)O)ccc(-c2ccc(F)cc2)c1C(=O)OS(=O)(=O)c1ccc2ccncc2c1. The first-order valence-corrected chi connectivity index (χ1v) is 11.0. The van der Waals surface area contributed by atoms with E-state index in [9.17, 15) is 27.5 Å². The van der Waals surface area contributed by atoms with Gasteiger partial charge in [0.2, 0.25) is 0 Å². The Hall–Kier alpha value is -4.11. The maximum atomic E-state index is 13.4. The van der Waals surface area contributed by atoms with Gasteiger partial charge in [0.15, 0.2) is 0 Å². The molecule has 4 rings (SSSR count). The number of aromatic nitrogens is 1. The molecule has 7 nitrogen and oxygen atoms in total. The van der Waals surface area contributed by atoms with E-state index in [4.69, 9.17) is 4.18 Å². The molecular formula is C24H16FNO6S. The summed E-state index contributed by atoms with van der Waals surface area (Å²) in [6.45, 7) is 1.38. The molecule has 0 amide bonds. The number of pyridine rings is 1. The Bertz CT molecular complexity index is 1510. The van der Waals surface area contributed by atoms with E-state index in [1.807, 2.05) is 0 Å². The highest BCUT2D eigenvalue weighted by Gasteiger charge is 2.27. The molecule has 0 aliphatic rings. The molecule has 9 heteroatoms. The van der Waals surface area contributed by atoms with E-state index in [0.29, 0.717) is 10.9 Å². The summed E-state index contributed by atoms with van der Waals surface area (Å²) in [7, 11) is -4.54. The minimum atomic E-state index is -4.54. The van der Waals surface area contributed by atoms with Gasteiger partial charge in [-0.15, -0.1) is 0 Å². The molecule has 0 bridgehead atoms. The maximum absolute atomic E-state index is 13.4. The van der Waals surface area contributed by atoms with Crippen LogP contribution in [0.1, 0.15) is 26.3 Å². The first-order valence-electron chi connectivity index (χ1n) is 9.63. The van der Waals surface area contributed by atoms with Gasteiger partial charge in [0.1, 0.15) is 10.7 Å². The third-order valence-corrected chi connectivity index (χ3v) is 6.34. The number of benzene rings is 3. The van der Waals surface area contributed by atoms with Crippen LogP contribution in [-0.2, 0) is 14.3 Å². The number of aromatic carboxylic acids is 1. The van der Waals surface area contributed by atoms with Crippen LogP contribution in [-0.4, -0.2) is 30.4 Å². The number of carboxylic acid groups (broad SMARTS) is 1. The van der Waals surface area contributed by atoms with Crippen molar-refractivity contribution < 1.29 is 31.7 Å². The maximum Gasteiger partial charge on any atom is 0.354 e. The second kappa shape index (κ2) is 8.44. The monoisotopic (exact) mass is 465 g/mol. The molecule has 0 aliphatic carbocycles. The molecule has 0 aliphatic heterocycles. The Balaban J connectivity index is 1.79. The number of nitrogens with zero attached hydrogens (tertiary/aromatic N) is 1. The van der Waals surface area contributed by atoms with Crippen molar-refractivity contribution in [3.8, 4) is 11.1 Å². The summed E-state index contributed by atoms with van der Waals surface area (Å²) in [5.41, 5.74) is 0.180. The van der Waals surface area contributed by atoms with Crippen molar-refractivity contribution in [2.24, 2.45) is 0 Å². The molecule has 0 unspecified atom stereocenters. The summed E-state index contributed by atoms with van der Waals surface area (Å²) in [6, 6.07) is 13.7. The lowest BCUT2D eigenvalue weighted by Gasteiger charge is -2.14. The number of halogens is 1.